The Kier molecular flexibility index (Phi) is 8.82. The highest BCUT2D eigenvalue weighted by molar-refractivity contribution is 7.77. The fourth-order valence-corrected chi connectivity index (χ4v) is 4.56. The van der Waals surface area contributed by atoms with Gasteiger partial charge in [0.2, 0.25) is 17.7 Å². The number of nitrogens with one attached hydrogen (secondary N) is 2. The summed E-state index contributed by atoms with van der Waals surface area (Å²) in [5, 5.41) is 8.51. The summed E-state index contributed by atoms with van der Waals surface area (Å²) in [6.07, 6.45) is 9.79. The predicted molar refractivity (Wildman–Crippen MR) is 160 cm³/mol. The lowest BCUT2D eigenvalue weighted by Crippen LogP contribution is -2.30. The Morgan fingerprint density at radius 2 is 1.90 bits per heavy atom. The van der Waals surface area contributed by atoms with E-state index < -0.39 is 0 Å². The number of anilines is 4. The van der Waals surface area contributed by atoms with Gasteiger partial charge in [0, 0.05) is 61.6 Å². The molecule has 1 aliphatic carbocycles. The number of hydrogen-bond donors (Lipinski definition) is 3. The minimum absolute atomic E-state index is 0.325. The van der Waals surface area contributed by atoms with Crippen LogP contribution in [0.4, 0.5) is 23.0 Å². The molecule has 0 fully saturated rings. The van der Waals surface area contributed by atoms with Crippen LogP contribution in [0, 0.1) is 0 Å². The normalized spacial score (nSPS) is 12.2. The molecule has 0 aliphatic heterocycles. The van der Waals surface area contributed by atoms with Crippen molar-refractivity contribution in [2.24, 2.45) is 7.05 Å². The van der Waals surface area contributed by atoms with Crippen LogP contribution in [0.25, 0.3) is 23.4 Å². The molecule has 4 rings (SSSR count). The summed E-state index contributed by atoms with van der Waals surface area (Å²) in [4.78, 5) is 23.7. The minimum Gasteiger partial charge on any atom is -0.494 e. The highest BCUT2D eigenvalue weighted by Crippen LogP contribution is 2.38. The molecule has 11 heteroatoms. The zero-order chi connectivity index (χ0) is 28.1. The second-order valence-corrected chi connectivity index (χ2v) is 9.93. The number of rotatable bonds is 11. The molecule has 0 bridgehead atoms. The predicted octanol–water partition coefficient (Wildman–Crippen LogP) is 2.94. The third-order valence-electron chi connectivity index (χ3n) is 6.49. The third kappa shape index (κ3) is 6.37. The highest BCUT2D eigenvalue weighted by atomic mass is 32.1. The second kappa shape index (κ2) is 12.3. The van der Waals surface area contributed by atoms with E-state index in [9.17, 15) is 4.79 Å². The first-order chi connectivity index (χ1) is 18.7. The molecule has 0 spiro atoms. The highest BCUT2D eigenvalue weighted by Gasteiger charge is 2.18. The smallest absolute Gasteiger partial charge is 0.247 e. The Morgan fingerprint density at radius 3 is 2.59 bits per heavy atom. The van der Waals surface area contributed by atoms with E-state index in [1.54, 1.807) is 24.6 Å². The van der Waals surface area contributed by atoms with Crippen LogP contribution in [0.3, 0.4) is 0 Å². The zero-order valence-corrected chi connectivity index (χ0v) is 23.9. The number of amides is 1. The van der Waals surface area contributed by atoms with E-state index in [-0.39, 0.29) is 5.91 Å². The van der Waals surface area contributed by atoms with Crippen molar-refractivity contribution in [3.05, 3.63) is 47.6 Å². The van der Waals surface area contributed by atoms with Crippen LogP contribution in [0.15, 0.2) is 37.1 Å². The summed E-state index contributed by atoms with van der Waals surface area (Å²) in [5.74, 6) is 0.986. The average molecular weight is 550 g/mol. The number of benzene rings is 1. The fraction of sp³-hybridized carbons (Fsp3) is 0.321. The molecule has 0 radical (unpaired) electrons. The first-order valence-corrected chi connectivity index (χ1v) is 13.0. The molecule has 0 saturated heterocycles. The van der Waals surface area contributed by atoms with Gasteiger partial charge in [0.15, 0.2) is 0 Å². The molecule has 10 nitrogen and oxygen atoms in total. The number of thiol groups is 1. The van der Waals surface area contributed by atoms with E-state index in [4.69, 9.17) is 14.5 Å². The van der Waals surface area contributed by atoms with Crippen LogP contribution >= 0.6 is 12.8 Å². The number of carbonyl (C=O) groups is 1. The maximum absolute atomic E-state index is 12.3. The lowest BCUT2D eigenvalue weighted by molar-refractivity contribution is -0.111. The first-order valence-electron chi connectivity index (χ1n) is 12.6. The number of nitrogens with zero attached hydrogens (tertiary/aromatic N) is 5. The average Bonchev–Trinajstić information content (AvgIpc) is 3.28. The van der Waals surface area contributed by atoms with Gasteiger partial charge in [-0.1, -0.05) is 31.5 Å². The quantitative estimate of drug-likeness (QED) is 0.248. The Morgan fingerprint density at radius 1 is 1.13 bits per heavy atom. The van der Waals surface area contributed by atoms with Gasteiger partial charge in [-0.2, -0.15) is 4.98 Å². The van der Waals surface area contributed by atoms with Gasteiger partial charge in [-0.15, -0.1) is 0 Å². The lowest BCUT2D eigenvalue weighted by Gasteiger charge is -2.25. The van der Waals surface area contributed by atoms with E-state index in [2.05, 4.69) is 57.9 Å². The molecule has 2 N–H and O–H groups in total. The minimum atomic E-state index is -0.325. The van der Waals surface area contributed by atoms with Crippen molar-refractivity contribution >= 4 is 53.9 Å². The molecule has 0 unspecified atom stereocenters. The number of likely N-dealkylation sites (N-methyl/N-ethyl adjacent to an activating group) is 2. The molecule has 0 atom stereocenters. The summed E-state index contributed by atoms with van der Waals surface area (Å²) in [5.41, 5.74) is 3.67. The van der Waals surface area contributed by atoms with Crippen LogP contribution in [-0.2, 0) is 11.8 Å². The van der Waals surface area contributed by atoms with Gasteiger partial charge < -0.3 is 29.6 Å². The standard InChI is InChI=1S/C28H35N7O3S/c1-7-26(36)29-21-14-22(25(37-5)16-24(21)33(2)12-13-35(4)39)31-28-30-20(15-27(32-28)38-6)19-17-34(3)23-11-9-8-10-18(19)23/h7,10-11,14-17,39H,1,8-9,12-13H2,2-6H3,(H,29,36)(H,30,31,32). The Labute approximate surface area is 234 Å². The monoisotopic (exact) mass is 549 g/mol. The van der Waals surface area contributed by atoms with Gasteiger partial charge in [0.1, 0.15) is 5.75 Å². The molecular weight excluding hydrogens is 514 g/mol. The van der Waals surface area contributed by atoms with Gasteiger partial charge in [0.05, 0.1) is 37.0 Å². The fourth-order valence-electron chi connectivity index (χ4n) is 4.48. The van der Waals surface area contributed by atoms with Gasteiger partial charge in [-0.3, -0.25) is 9.10 Å². The number of hydrogen-bond acceptors (Lipinski definition) is 9. The summed E-state index contributed by atoms with van der Waals surface area (Å²) in [7, 11) is 9.03. The van der Waals surface area contributed by atoms with E-state index >= 15 is 0 Å². The molecule has 2 heterocycles. The first kappa shape index (κ1) is 28.1. The lowest BCUT2D eigenvalue weighted by atomic mass is 10.1. The van der Waals surface area contributed by atoms with Crippen LogP contribution in [-0.4, -0.2) is 66.2 Å². The SMILES string of the molecule is C=CC(=O)Nc1cc(Nc2nc(OC)cc(-c3cn(C)c4c3=CCCC=4)n2)c(OC)cc1N(C)CCN(C)S. The number of fused-ring (bicyclic) bond motifs is 1. The molecule has 206 valence electrons. The van der Waals surface area contributed by atoms with Gasteiger partial charge in [-0.05, 0) is 32.0 Å². The second-order valence-electron chi connectivity index (χ2n) is 9.25. The summed E-state index contributed by atoms with van der Waals surface area (Å²) in [6.45, 7) is 4.96. The molecular formula is C28H35N7O3S. The van der Waals surface area contributed by atoms with E-state index in [0.29, 0.717) is 42.0 Å². The molecule has 0 saturated carbocycles. The van der Waals surface area contributed by atoms with E-state index in [0.717, 1.165) is 35.0 Å². The van der Waals surface area contributed by atoms with E-state index in [1.807, 2.05) is 38.2 Å². The van der Waals surface area contributed by atoms with Crippen molar-refractivity contribution in [2.75, 3.05) is 56.9 Å². The summed E-state index contributed by atoms with van der Waals surface area (Å²) < 4.78 is 15.1. The van der Waals surface area contributed by atoms with Crippen molar-refractivity contribution in [3.63, 3.8) is 0 Å². The number of carbonyl (C=O) groups excluding carboxylic acids is 1. The van der Waals surface area contributed by atoms with Gasteiger partial charge in [-0.25, -0.2) is 4.98 Å². The van der Waals surface area contributed by atoms with Crippen molar-refractivity contribution in [1.29, 1.82) is 0 Å². The van der Waals surface area contributed by atoms with Crippen molar-refractivity contribution < 1.29 is 14.3 Å². The molecule has 2 aromatic heterocycles. The van der Waals surface area contributed by atoms with Gasteiger partial charge in [0.25, 0.3) is 0 Å². The molecule has 1 aliphatic rings. The molecule has 3 aromatic rings. The number of methoxy groups -OCH3 is 2. The third-order valence-corrected chi connectivity index (χ3v) is 6.69. The van der Waals surface area contributed by atoms with Crippen LogP contribution in [0.1, 0.15) is 12.8 Å². The van der Waals surface area contributed by atoms with Crippen LogP contribution in [0.2, 0.25) is 0 Å². The van der Waals surface area contributed by atoms with Crippen LogP contribution < -0.4 is 35.6 Å². The van der Waals surface area contributed by atoms with Crippen molar-refractivity contribution in [2.45, 2.75) is 12.8 Å². The van der Waals surface area contributed by atoms with Crippen molar-refractivity contribution in [3.8, 4) is 22.9 Å². The Hall–Kier alpha value is -3.96. The van der Waals surface area contributed by atoms with E-state index in [1.165, 1.54) is 11.4 Å². The number of aromatic nitrogens is 3. The van der Waals surface area contributed by atoms with Crippen LogP contribution in [0.5, 0.6) is 11.6 Å². The summed E-state index contributed by atoms with van der Waals surface area (Å²) >= 11 is 4.33. The maximum atomic E-state index is 12.3. The van der Waals surface area contributed by atoms with Crippen molar-refractivity contribution in [1.82, 2.24) is 18.8 Å². The Bertz CT molecular complexity index is 1500. The molecule has 1 aromatic carbocycles. The largest absolute Gasteiger partial charge is 0.494 e. The molecule has 39 heavy (non-hydrogen) atoms. The summed E-state index contributed by atoms with van der Waals surface area (Å²) in [6, 6.07) is 5.48. The maximum Gasteiger partial charge on any atom is 0.247 e. The topological polar surface area (TPSA) is 96.8 Å². The number of aryl methyl sites for hydroxylation is 1. The zero-order valence-electron chi connectivity index (χ0n) is 23.0. The van der Waals surface area contributed by atoms with Gasteiger partial charge >= 0.3 is 0 Å². The molecule has 1 amide bonds. The Balaban J connectivity index is 1.77. The number of ether oxygens (including phenoxy) is 2.